The summed E-state index contributed by atoms with van der Waals surface area (Å²) in [5, 5.41) is 1.69. The number of aromatic nitrogens is 2. The summed E-state index contributed by atoms with van der Waals surface area (Å²) >= 11 is 9.97. The predicted molar refractivity (Wildman–Crippen MR) is 93.1 cm³/mol. The summed E-state index contributed by atoms with van der Waals surface area (Å²) in [4.78, 5) is 7.86. The van der Waals surface area contributed by atoms with Crippen molar-refractivity contribution in [1.82, 2.24) is 9.97 Å². The Labute approximate surface area is 137 Å². The van der Waals surface area contributed by atoms with Crippen LogP contribution in [-0.4, -0.2) is 9.97 Å². The Morgan fingerprint density at radius 1 is 1.19 bits per heavy atom. The molecule has 108 valence electrons. The standard InChI is InChI=1S/C17H16BrClN2/c1-9(2)11-4-5-12(14(18)7-11)16-8-13-15(19)6-10(3)20-17(13)21-16/h4-9H,1-3H3,(H,20,21). The number of halogens is 2. The maximum absolute atomic E-state index is 6.30. The summed E-state index contributed by atoms with van der Waals surface area (Å²) in [6.07, 6.45) is 0. The zero-order chi connectivity index (χ0) is 15.1. The van der Waals surface area contributed by atoms with E-state index in [1.54, 1.807) is 0 Å². The van der Waals surface area contributed by atoms with E-state index >= 15 is 0 Å². The third kappa shape index (κ3) is 2.72. The van der Waals surface area contributed by atoms with Gasteiger partial charge in [-0.1, -0.05) is 53.5 Å². The van der Waals surface area contributed by atoms with Gasteiger partial charge >= 0.3 is 0 Å². The molecule has 0 saturated heterocycles. The highest BCUT2D eigenvalue weighted by atomic mass is 79.9. The van der Waals surface area contributed by atoms with E-state index in [0.29, 0.717) is 5.92 Å². The number of hydrogen-bond acceptors (Lipinski definition) is 1. The molecule has 0 saturated carbocycles. The van der Waals surface area contributed by atoms with Gasteiger partial charge in [-0.05, 0) is 36.6 Å². The lowest BCUT2D eigenvalue weighted by Crippen LogP contribution is -1.88. The number of aromatic amines is 1. The van der Waals surface area contributed by atoms with Crippen LogP contribution in [-0.2, 0) is 0 Å². The number of rotatable bonds is 2. The molecule has 0 unspecified atom stereocenters. The number of nitrogens with one attached hydrogen (secondary N) is 1. The molecule has 0 aliphatic carbocycles. The number of fused-ring (bicyclic) bond motifs is 1. The van der Waals surface area contributed by atoms with Gasteiger partial charge in [0.1, 0.15) is 5.65 Å². The van der Waals surface area contributed by atoms with E-state index in [2.05, 4.69) is 64.0 Å². The Morgan fingerprint density at radius 2 is 1.95 bits per heavy atom. The second-order valence-electron chi connectivity index (χ2n) is 5.58. The number of H-pyrrole nitrogens is 1. The monoisotopic (exact) mass is 362 g/mol. The lowest BCUT2D eigenvalue weighted by Gasteiger charge is -2.08. The summed E-state index contributed by atoms with van der Waals surface area (Å²) in [5.41, 5.74) is 5.19. The summed E-state index contributed by atoms with van der Waals surface area (Å²) in [6.45, 7) is 6.33. The van der Waals surface area contributed by atoms with E-state index in [0.717, 1.165) is 37.5 Å². The van der Waals surface area contributed by atoms with Crippen molar-refractivity contribution in [2.24, 2.45) is 0 Å². The van der Waals surface area contributed by atoms with Crippen LogP contribution < -0.4 is 0 Å². The summed E-state index contributed by atoms with van der Waals surface area (Å²) in [5.74, 6) is 0.511. The molecule has 0 amide bonds. The van der Waals surface area contributed by atoms with Crippen LogP contribution in [0.5, 0.6) is 0 Å². The van der Waals surface area contributed by atoms with Gasteiger partial charge in [0.2, 0.25) is 0 Å². The molecule has 0 atom stereocenters. The molecule has 0 aliphatic rings. The Morgan fingerprint density at radius 3 is 2.62 bits per heavy atom. The van der Waals surface area contributed by atoms with Crippen LogP contribution in [0.2, 0.25) is 5.02 Å². The minimum Gasteiger partial charge on any atom is -0.339 e. The highest BCUT2D eigenvalue weighted by Crippen LogP contribution is 2.34. The van der Waals surface area contributed by atoms with E-state index in [9.17, 15) is 0 Å². The molecule has 21 heavy (non-hydrogen) atoms. The minimum absolute atomic E-state index is 0.511. The Balaban J connectivity index is 2.14. The lowest BCUT2D eigenvalue weighted by molar-refractivity contribution is 0.866. The van der Waals surface area contributed by atoms with Gasteiger partial charge in [0, 0.05) is 26.8 Å². The first-order valence-electron chi connectivity index (χ1n) is 6.91. The molecular weight excluding hydrogens is 348 g/mol. The SMILES string of the molecule is Cc1cc(Cl)c2cc(-c3ccc(C(C)C)cc3Br)[nH]c2n1. The van der Waals surface area contributed by atoms with Gasteiger partial charge < -0.3 is 4.98 Å². The normalized spacial score (nSPS) is 11.5. The van der Waals surface area contributed by atoms with Gasteiger partial charge in [-0.3, -0.25) is 0 Å². The molecule has 0 radical (unpaired) electrons. The van der Waals surface area contributed by atoms with Crippen LogP contribution in [0.1, 0.15) is 31.0 Å². The average molecular weight is 364 g/mol. The number of hydrogen-bond donors (Lipinski definition) is 1. The van der Waals surface area contributed by atoms with Crippen molar-refractivity contribution in [3.63, 3.8) is 0 Å². The van der Waals surface area contributed by atoms with Crippen LogP contribution in [0.25, 0.3) is 22.3 Å². The van der Waals surface area contributed by atoms with E-state index < -0.39 is 0 Å². The largest absolute Gasteiger partial charge is 0.339 e. The topological polar surface area (TPSA) is 28.7 Å². The summed E-state index contributed by atoms with van der Waals surface area (Å²) in [6, 6.07) is 10.4. The summed E-state index contributed by atoms with van der Waals surface area (Å²) in [7, 11) is 0. The van der Waals surface area contributed by atoms with Gasteiger partial charge in [-0.15, -0.1) is 0 Å². The second-order valence-corrected chi connectivity index (χ2v) is 6.85. The molecule has 0 bridgehead atoms. The van der Waals surface area contributed by atoms with Crippen molar-refractivity contribution < 1.29 is 0 Å². The van der Waals surface area contributed by atoms with Gasteiger partial charge in [-0.25, -0.2) is 4.98 Å². The molecule has 0 aliphatic heterocycles. The molecule has 2 nitrogen and oxygen atoms in total. The van der Waals surface area contributed by atoms with Crippen molar-refractivity contribution >= 4 is 38.6 Å². The fourth-order valence-electron chi connectivity index (χ4n) is 2.44. The third-order valence-corrected chi connectivity index (χ3v) is 4.60. The van der Waals surface area contributed by atoms with Crippen LogP contribution in [0.3, 0.4) is 0 Å². The Bertz CT molecular complexity index is 821. The van der Waals surface area contributed by atoms with Gasteiger partial charge in [0.15, 0.2) is 0 Å². The number of nitrogens with zero attached hydrogens (tertiary/aromatic N) is 1. The molecular formula is C17H16BrClN2. The Hall–Kier alpha value is -1.32. The summed E-state index contributed by atoms with van der Waals surface area (Å²) < 4.78 is 1.08. The first-order valence-corrected chi connectivity index (χ1v) is 8.08. The first-order chi connectivity index (χ1) is 9.95. The molecule has 2 heterocycles. The second kappa shape index (κ2) is 5.47. The molecule has 3 rings (SSSR count). The van der Waals surface area contributed by atoms with E-state index in [1.807, 2.05) is 13.0 Å². The third-order valence-electron chi connectivity index (χ3n) is 3.63. The first kappa shape index (κ1) is 14.6. The van der Waals surface area contributed by atoms with E-state index in [1.165, 1.54) is 5.56 Å². The number of pyridine rings is 1. The highest BCUT2D eigenvalue weighted by Gasteiger charge is 2.11. The van der Waals surface area contributed by atoms with Crippen molar-refractivity contribution in [3.8, 4) is 11.3 Å². The number of benzene rings is 1. The van der Waals surface area contributed by atoms with Crippen molar-refractivity contribution in [2.45, 2.75) is 26.7 Å². The molecule has 1 N–H and O–H groups in total. The molecule has 4 heteroatoms. The molecule has 3 aromatic rings. The maximum atomic E-state index is 6.30. The predicted octanol–water partition coefficient (Wildman–Crippen LogP) is 6.08. The minimum atomic E-state index is 0.511. The van der Waals surface area contributed by atoms with E-state index in [4.69, 9.17) is 11.6 Å². The van der Waals surface area contributed by atoms with Crippen LogP contribution in [0.15, 0.2) is 34.8 Å². The zero-order valence-electron chi connectivity index (χ0n) is 12.2. The average Bonchev–Trinajstić information content (AvgIpc) is 2.82. The lowest BCUT2D eigenvalue weighted by atomic mass is 10.0. The fraction of sp³-hybridized carbons (Fsp3) is 0.235. The fourth-order valence-corrected chi connectivity index (χ4v) is 3.35. The van der Waals surface area contributed by atoms with Gasteiger partial charge in [-0.2, -0.15) is 0 Å². The quantitative estimate of drug-likeness (QED) is 0.587. The molecule has 0 spiro atoms. The maximum Gasteiger partial charge on any atom is 0.139 e. The molecule has 2 aromatic heterocycles. The van der Waals surface area contributed by atoms with Crippen LogP contribution in [0.4, 0.5) is 0 Å². The Kier molecular flexibility index (Phi) is 3.80. The molecule has 1 aromatic carbocycles. The van der Waals surface area contributed by atoms with Crippen LogP contribution >= 0.6 is 27.5 Å². The van der Waals surface area contributed by atoms with Crippen molar-refractivity contribution in [2.75, 3.05) is 0 Å². The zero-order valence-corrected chi connectivity index (χ0v) is 14.5. The van der Waals surface area contributed by atoms with Gasteiger partial charge in [0.05, 0.1) is 5.02 Å². The number of aryl methyl sites for hydroxylation is 1. The molecule has 0 fully saturated rings. The smallest absolute Gasteiger partial charge is 0.139 e. The van der Waals surface area contributed by atoms with Crippen LogP contribution in [0, 0.1) is 6.92 Å². The highest BCUT2D eigenvalue weighted by molar-refractivity contribution is 9.10. The van der Waals surface area contributed by atoms with Crippen molar-refractivity contribution in [3.05, 3.63) is 51.1 Å². The van der Waals surface area contributed by atoms with Crippen molar-refractivity contribution in [1.29, 1.82) is 0 Å². The van der Waals surface area contributed by atoms with E-state index in [-0.39, 0.29) is 0 Å². The van der Waals surface area contributed by atoms with Gasteiger partial charge in [0.25, 0.3) is 0 Å².